The molecule has 0 saturated heterocycles. The highest BCUT2D eigenvalue weighted by atomic mass is 19.3. The fourth-order valence-electron chi connectivity index (χ4n) is 1.03. The van der Waals surface area contributed by atoms with Gasteiger partial charge < -0.3 is 5.73 Å². The van der Waals surface area contributed by atoms with Crippen molar-refractivity contribution in [1.82, 2.24) is 0 Å². The number of hydrogen-bond acceptors (Lipinski definition) is 1. The van der Waals surface area contributed by atoms with Crippen LogP contribution >= 0.6 is 0 Å². The minimum absolute atomic E-state index is 0.0680. The van der Waals surface area contributed by atoms with Crippen molar-refractivity contribution in [2.45, 2.75) is 33.6 Å². The van der Waals surface area contributed by atoms with Crippen LogP contribution in [0.4, 0.5) is 8.78 Å². The summed E-state index contributed by atoms with van der Waals surface area (Å²) in [5.74, 6) is -0.674. The summed E-state index contributed by atoms with van der Waals surface area (Å²) < 4.78 is 24.6. The van der Waals surface area contributed by atoms with Gasteiger partial charge in [-0.15, -0.1) is 0 Å². The van der Waals surface area contributed by atoms with E-state index >= 15 is 0 Å². The Morgan fingerprint density at radius 1 is 1.36 bits per heavy atom. The third-order valence-electron chi connectivity index (χ3n) is 2.47. The summed E-state index contributed by atoms with van der Waals surface area (Å²) in [7, 11) is 0. The Morgan fingerprint density at radius 3 is 1.91 bits per heavy atom. The van der Waals surface area contributed by atoms with Crippen LogP contribution < -0.4 is 5.73 Å². The largest absolute Gasteiger partial charge is 0.330 e. The Kier molecular flexibility index (Phi) is 3.93. The van der Waals surface area contributed by atoms with Gasteiger partial charge >= 0.3 is 0 Å². The molecule has 2 N–H and O–H groups in total. The monoisotopic (exact) mass is 165 g/mol. The van der Waals surface area contributed by atoms with Gasteiger partial charge in [0.25, 0.3) is 0 Å². The highest BCUT2D eigenvalue weighted by Gasteiger charge is 2.33. The second kappa shape index (κ2) is 4.00. The molecule has 0 aliphatic heterocycles. The van der Waals surface area contributed by atoms with Gasteiger partial charge in [0.2, 0.25) is 6.43 Å². The molecule has 0 fully saturated rings. The summed E-state index contributed by atoms with van der Waals surface area (Å²) in [5, 5.41) is 0. The topological polar surface area (TPSA) is 26.0 Å². The molecule has 1 nitrogen and oxygen atoms in total. The average molecular weight is 165 g/mol. The van der Waals surface area contributed by atoms with E-state index in [9.17, 15) is 8.78 Å². The second-order valence-electron chi connectivity index (χ2n) is 3.52. The summed E-state index contributed by atoms with van der Waals surface area (Å²) in [6, 6.07) is 0. The molecule has 0 amide bonds. The maximum atomic E-state index is 12.3. The van der Waals surface area contributed by atoms with Crippen molar-refractivity contribution in [2.75, 3.05) is 6.54 Å². The molecule has 11 heavy (non-hydrogen) atoms. The first-order valence-corrected chi connectivity index (χ1v) is 3.94. The fraction of sp³-hybridized carbons (Fsp3) is 1.00. The molecule has 1 unspecified atom stereocenters. The fourth-order valence-corrected chi connectivity index (χ4v) is 1.03. The van der Waals surface area contributed by atoms with Crippen molar-refractivity contribution in [2.24, 2.45) is 17.1 Å². The smallest absolute Gasteiger partial charge is 0.243 e. The van der Waals surface area contributed by atoms with Gasteiger partial charge in [0.1, 0.15) is 0 Å². The number of alkyl halides is 2. The quantitative estimate of drug-likeness (QED) is 0.679. The van der Waals surface area contributed by atoms with Gasteiger partial charge in [-0.1, -0.05) is 27.2 Å². The Bertz CT molecular complexity index is 113. The van der Waals surface area contributed by atoms with E-state index in [1.165, 1.54) is 0 Å². The van der Waals surface area contributed by atoms with Crippen molar-refractivity contribution in [3.05, 3.63) is 0 Å². The van der Waals surface area contributed by atoms with Crippen LogP contribution in [0.5, 0.6) is 0 Å². The molecular formula is C8H17F2N. The van der Waals surface area contributed by atoms with Crippen molar-refractivity contribution >= 4 is 0 Å². The van der Waals surface area contributed by atoms with E-state index in [0.717, 1.165) is 6.42 Å². The molecule has 0 aliphatic carbocycles. The lowest BCUT2D eigenvalue weighted by atomic mass is 9.77. The van der Waals surface area contributed by atoms with Crippen LogP contribution in [0.25, 0.3) is 0 Å². The number of halogens is 2. The highest BCUT2D eigenvalue weighted by Crippen LogP contribution is 2.33. The molecule has 0 aliphatic rings. The van der Waals surface area contributed by atoms with Gasteiger partial charge in [-0.3, -0.25) is 0 Å². The van der Waals surface area contributed by atoms with E-state index in [1.54, 1.807) is 0 Å². The second-order valence-corrected chi connectivity index (χ2v) is 3.52. The van der Waals surface area contributed by atoms with E-state index in [-0.39, 0.29) is 12.0 Å². The van der Waals surface area contributed by atoms with Crippen LogP contribution in [-0.2, 0) is 0 Å². The standard InChI is InChI=1S/C8H17F2N/c1-4-8(2,3)6(5-11)7(9)10/h6-7H,4-5,11H2,1-3H3. The predicted octanol–water partition coefficient (Wildman–Crippen LogP) is 2.26. The lowest BCUT2D eigenvalue weighted by Gasteiger charge is -2.31. The SMILES string of the molecule is CCC(C)(C)C(CN)C(F)F. The van der Waals surface area contributed by atoms with Gasteiger partial charge in [-0.2, -0.15) is 0 Å². The molecule has 0 aromatic heterocycles. The van der Waals surface area contributed by atoms with Crippen molar-refractivity contribution < 1.29 is 8.78 Å². The number of hydrogen-bond donors (Lipinski definition) is 1. The molecule has 0 saturated carbocycles. The first-order chi connectivity index (χ1) is 4.95. The van der Waals surface area contributed by atoms with Crippen LogP contribution in [0, 0.1) is 11.3 Å². The predicted molar refractivity (Wildman–Crippen MR) is 42.6 cm³/mol. The zero-order valence-electron chi connectivity index (χ0n) is 7.40. The minimum Gasteiger partial charge on any atom is -0.330 e. The molecule has 3 heteroatoms. The Balaban J connectivity index is 4.23. The van der Waals surface area contributed by atoms with E-state index in [0.29, 0.717) is 0 Å². The lowest BCUT2D eigenvalue weighted by Crippen LogP contribution is -2.35. The molecular weight excluding hydrogens is 148 g/mol. The first-order valence-electron chi connectivity index (χ1n) is 3.94. The van der Waals surface area contributed by atoms with Crippen LogP contribution in [0.3, 0.4) is 0 Å². The summed E-state index contributed by atoms with van der Waals surface area (Å²) >= 11 is 0. The number of nitrogens with two attached hydrogens (primary N) is 1. The molecule has 0 aromatic carbocycles. The normalized spacial score (nSPS) is 15.5. The maximum absolute atomic E-state index is 12.3. The molecule has 0 spiro atoms. The van der Waals surface area contributed by atoms with E-state index in [4.69, 9.17) is 5.73 Å². The van der Waals surface area contributed by atoms with Crippen LogP contribution in [-0.4, -0.2) is 13.0 Å². The van der Waals surface area contributed by atoms with Crippen LogP contribution in [0.15, 0.2) is 0 Å². The zero-order valence-corrected chi connectivity index (χ0v) is 7.40. The molecule has 0 radical (unpaired) electrons. The van der Waals surface area contributed by atoms with Gasteiger partial charge in [0.15, 0.2) is 0 Å². The third-order valence-corrected chi connectivity index (χ3v) is 2.47. The van der Waals surface area contributed by atoms with Gasteiger partial charge in [0.05, 0.1) is 0 Å². The molecule has 68 valence electrons. The van der Waals surface area contributed by atoms with Gasteiger partial charge in [0, 0.05) is 12.5 Å². The van der Waals surface area contributed by atoms with Crippen molar-refractivity contribution in [1.29, 1.82) is 0 Å². The molecule has 0 heterocycles. The third kappa shape index (κ3) is 2.73. The van der Waals surface area contributed by atoms with Crippen molar-refractivity contribution in [3.8, 4) is 0 Å². The molecule has 0 aromatic rings. The first kappa shape index (κ1) is 10.8. The maximum Gasteiger partial charge on any atom is 0.243 e. The lowest BCUT2D eigenvalue weighted by molar-refractivity contribution is 0.0118. The van der Waals surface area contributed by atoms with E-state index in [1.807, 2.05) is 20.8 Å². The van der Waals surface area contributed by atoms with Crippen molar-refractivity contribution in [3.63, 3.8) is 0 Å². The summed E-state index contributed by atoms with van der Waals surface area (Å²) in [6.45, 7) is 5.64. The molecule has 0 rings (SSSR count). The number of rotatable bonds is 4. The highest BCUT2D eigenvalue weighted by molar-refractivity contribution is 4.79. The Hall–Kier alpha value is -0.180. The summed E-state index contributed by atoms with van der Waals surface area (Å²) in [4.78, 5) is 0. The summed E-state index contributed by atoms with van der Waals surface area (Å²) in [6.07, 6.45) is -1.56. The molecule has 0 bridgehead atoms. The Labute approximate surface area is 67.0 Å². The Morgan fingerprint density at radius 2 is 1.82 bits per heavy atom. The van der Waals surface area contributed by atoms with Crippen LogP contribution in [0.1, 0.15) is 27.2 Å². The van der Waals surface area contributed by atoms with E-state index in [2.05, 4.69) is 0 Å². The van der Waals surface area contributed by atoms with E-state index < -0.39 is 12.3 Å². The zero-order chi connectivity index (χ0) is 9.07. The van der Waals surface area contributed by atoms with Gasteiger partial charge in [-0.05, 0) is 5.41 Å². The average Bonchev–Trinajstić information content (AvgIpc) is 1.88. The molecule has 1 atom stereocenters. The minimum atomic E-state index is -2.30. The summed E-state index contributed by atoms with van der Waals surface area (Å²) in [5.41, 5.74) is 4.91. The van der Waals surface area contributed by atoms with Gasteiger partial charge in [-0.25, -0.2) is 8.78 Å². The van der Waals surface area contributed by atoms with Crippen LogP contribution in [0.2, 0.25) is 0 Å².